The first kappa shape index (κ1) is 63.8. The summed E-state index contributed by atoms with van der Waals surface area (Å²) in [6.45, 7) is -0.734. The molecule has 1 aliphatic heterocycles. The molecule has 0 aliphatic carbocycles. The van der Waals surface area contributed by atoms with Crippen molar-refractivity contribution in [3.63, 3.8) is 0 Å². The Morgan fingerprint density at radius 3 is 1.90 bits per heavy atom. The molecule has 3 rings (SSSR count). The molecule has 2 heterocycles. The molecule has 1 saturated heterocycles. The Hall–Kier alpha value is -7.48. The molecule has 6 atom stereocenters. The average Bonchev–Trinajstić information content (AvgIpc) is 3.40. The quantitative estimate of drug-likeness (QED) is 0.00638. The van der Waals surface area contributed by atoms with E-state index in [1.807, 2.05) is 0 Å². The fourth-order valence-electron chi connectivity index (χ4n) is 7.70. The van der Waals surface area contributed by atoms with Crippen LogP contribution in [-0.2, 0) is 44.9 Å². The molecule has 31 heteroatoms. The van der Waals surface area contributed by atoms with Crippen molar-refractivity contribution in [2.75, 3.05) is 45.9 Å². The number of halogens is 1. The van der Waals surface area contributed by atoms with Crippen LogP contribution >= 0.6 is 11.6 Å². The number of aromatic nitrogens is 1. The number of aromatic hydroxyl groups is 2. The summed E-state index contributed by atoms with van der Waals surface area (Å²) in [5.74, 6) is -10.3. The van der Waals surface area contributed by atoms with E-state index in [2.05, 4.69) is 42.2 Å². The monoisotopic (exact) mass is 1110 g/mol. The summed E-state index contributed by atoms with van der Waals surface area (Å²) in [4.78, 5) is 124. The number of aliphatic hydroxyl groups excluding tert-OH is 1. The van der Waals surface area contributed by atoms with Crippen LogP contribution in [-0.4, -0.2) is 177 Å². The van der Waals surface area contributed by atoms with Crippen molar-refractivity contribution in [1.82, 2.24) is 47.3 Å². The van der Waals surface area contributed by atoms with Crippen LogP contribution < -0.4 is 70.5 Å². The molecule has 6 unspecified atom stereocenters. The Morgan fingerprint density at radius 1 is 0.818 bits per heavy atom. The zero-order valence-electron chi connectivity index (χ0n) is 42.5. The van der Waals surface area contributed by atoms with Crippen molar-refractivity contribution in [3.05, 3.63) is 46.7 Å². The van der Waals surface area contributed by atoms with Gasteiger partial charge < -0.3 is 81.2 Å². The molecule has 1 aliphatic rings. The van der Waals surface area contributed by atoms with Crippen molar-refractivity contribution in [2.45, 2.75) is 114 Å². The number of guanidine groups is 1. The van der Waals surface area contributed by atoms with E-state index in [0.29, 0.717) is 22.1 Å². The van der Waals surface area contributed by atoms with Crippen LogP contribution in [0.4, 0.5) is 0 Å². The first-order chi connectivity index (χ1) is 36.6. The number of nitrogens with one attached hydrogen (secondary N) is 7. The third-order valence-electron chi connectivity index (χ3n) is 11.9. The number of piperidine rings is 1. The highest BCUT2D eigenvalue weighted by molar-refractivity contribution is 6.32. The number of pyridine rings is 1. The van der Waals surface area contributed by atoms with Crippen LogP contribution in [0.15, 0.2) is 35.6 Å². The third kappa shape index (κ3) is 20.2. The van der Waals surface area contributed by atoms with Crippen LogP contribution in [0.1, 0.15) is 87.1 Å². The number of carbonyl (C=O) groups is 9. The van der Waals surface area contributed by atoms with E-state index in [1.165, 1.54) is 16.8 Å². The zero-order valence-corrected chi connectivity index (χ0v) is 43.3. The predicted octanol–water partition coefficient (Wildman–Crippen LogP) is -5.32. The Labute approximate surface area is 447 Å². The minimum absolute atomic E-state index is 0.00422. The summed E-state index contributed by atoms with van der Waals surface area (Å²) in [5.41, 5.74) is 28.4. The number of hydrogen-bond donors (Lipinski definition) is 17. The van der Waals surface area contributed by atoms with E-state index >= 15 is 0 Å². The number of hydroxylamine groups is 4. The van der Waals surface area contributed by atoms with Gasteiger partial charge in [-0.15, -0.1) is 0 Å². The van der Waals surface area contributed by atoms with Crippen LogP contribution in [0, 0.1) is 0 Å². The number of benzene rings is 1. The van der Waals surface area contributed by atoms with Crippen molar-refractivity contribution in [3.8, 4) is 17.2 Å². The number of phenolic OH excluding ortho intramolecular Hbond substituents is 2. The standard InChI is InChI=1S/C46H71ClN16O14/c1-25(65)62(76)18-6-12-31(41(71)57-30(10-3-15-49)42(72)60-33(24-64)43(73)59-32-13-7-19-63(77)45(32)75)58-40(70)29(9-2-14-48)56-39(69)28(11-4-16-53-46(51)52)55-35(66)22-54-44(74)36-34(20-27(47)37(67)38(36)68)61-17-5-8-26(21-50)23-61/h5,8,17,20,23,28-33,64,76-77H,2-4,6-7,9-16,18-19,21-22,24,48-50H2,1H3,(H12-,51,52,53,54,55,56,57,58,59,60,66,67,68,69,70,71,72,73,74)/p+1. The molecule has 30 nitrogen and oxygen atoms in total. The maximum absolute atomic E-state index is 14.2. The van der Waals surface area contributed by atoms with E-state index in [0.717, 1.165) is 6.92 Å². The van der Waals surface area contributed by atoms with E-state index in [9.17, 15) is 68.9 Å². The lowest BCUT2D eigenvalue weighted by molar-refractivity contribution is -0.596. The van der Waals surface area contributed by atoms with Crippen LogP contribution in [0.3, 0.4) is 0 Å². The fourth-order valence-corrected chi connectivity index (χ4v) is 7.90. The molecule has 9 amide bonds. The normalized spacial score (nSPS) is 15.1. The lowest BCUT2D eigenvalue weighted by Crippen LogP contribution is -2.60. The number of hydrogen-bond acceptors (Lipinski definition) is 18. The molecule has 77 heavy (non-hydrogen) atoms. The van der Waals surface area contributed by atoms with Crippen molar-refractivity contribution >= 4 is 70.7 Å². The lowest BCUT2D eigenvalue weighted by atomic mass is 10.0. The molecule has 0 saturated carbocycles. The molecule has 0 radical (unpaired) electrons. The van der Waals surface area contributed by atoms with Gasteiger partial charge in [0, 0.05) is 50.8 Å². The van der Waals surface area contributed by atoms with E-state index in [1.54, 1.807) is 18.3 Å². The summed E-state index contributed by atoms with van der Waals surface area (Å²) in [7, 11) is 0. The number of aliphatic imine (C=N–C) groups is 1. The second kappa shape index (κ2) is 32.2. The molecule has 2 aromatic rings. The summed E-state index contributed by atoms with van der Waals surface area (Å²) >= 11 is 6.14. The van der Waals surface area contributed by atoms with Gasteiger partial charge in [-0.1, -0.05) is 11.6 Å². The van der Waals surface area contributed by atoms with Gasteiger partial charge in [-0.25, -0.2) is 10.1 Å². The number of aliphatic hydroxyl groups is 1. The van der Waals surface area contributed by atoms with Gasteiger partial charge in [0.1, 0.15) is 36.3 Å². The minimum atomic E-state index is -1.62. The number of phenols is 2. The SMILES string of the molecule is CC(=O)N(O)CCCC(NC(=O)C(CCCN)NC(=O)C(CCCN=C(N)N)NC(=O)CNC(=O)c1c(-[n+]2cccc(CN)c2)cc(Cl)c(O)c1O)C(=O)NC(CCCN)C(=O)NC(CO)C(=O)NC1CCCN(O)C1=O. The number of nitrogens with two attached hydrogens (primary N) is 5. The number of amides is 9. The van der Waals surface area contributed by atoms with E-state index in [4.69, 9.17) is 40.3 Å². The van der Waals surface area contributed by atoms with Crippen molar-refractivity contribution < 1.29 is 73.5 Å². The fraction of sp³-hybridized carbons (Fsp3) is 0.543. The van der Waals surface area contributed by atoms with Gasteiger partial charge in [0.25, 0.3) is 11.8 Å². The summed E-state index contributed by atoms with van der Waals surface area (Å²) in [5, 5.41) is 68.9. The first-order valence-electron chi connectivity index (χ1n) is 24.6. The van der Waals surface area contributed by atoms with Gasteiger partial charge >= 0.3 is 0 Å². The predicted molar refractivity (Wildman–Crippen MR) is 273 cm³/mol. The largest absolute Gasteiger partial charge is 0.503 e. The highest BCUT2D eigenvalue weighted by Crippen LogP contribution is 2.38. The van der Waals surface area contributed by atoms with Crippen LogP contribution in [0.25, 0.3) is 5.69 Å². The Bertz CT molecular complexity index is 2430. The summed E-state index contributed by atoms with van der Waals surface area (Å²) in [6.07, 6.45) is 3.23. The van der Waals surface area contributed by atoms with Gasteiger partial charge in [0.2, 0.25) is 47.0 Å². The topological polar surface area (TPSA) is 492 Å². The number of carbonyl (C=O) groups excluding carboxylic acids is 9. The summed E-state index contributed by atoms with van der Waals surface area (Å²) in [6, 6.07) is -4.10. The van der Waals surface area contributed by atoms with Gasteiger partial charge in [-0.2, -0.15) is 4.57 Å². The molecule has 426 valence electrons. The summed E-state index contributed by atoms with van der Waals surface area (Å²) < 4.78 is 1.41. The van der Waals surface area contributed by atoms with Crippen LogP contribution in [0.5, 0.6) is 11.5 Å². The maximum atomic E-state index is 14.2. The average molecular weight is 1110 g/mol. The molecule has 1 aromatic heterocycles. The Kier molecular flexibility index (Phi) is 26.7. The lowest BCUT2D eigenvalue weighted by Gasteiger charge is -2.29. The van der Waals surface area contributed by atoms with Crippen LogP contribution in [0.2, 0.25) is 5.02 Å². The molecule has 1 aromatic carbocycles. The second-order valence-corrected chi connectivity index (χ2v) is 18.2. The Morgan fingerprint density at radius 2 is 1.36 bits per heavy atom. The molecule has 0 spiro atoms. The highest BCUT2D eigenvalue weighted by Gasteiger charge is 2.35. The molecular weight excluding hydrogens is 1040 g/mol. The first-order valence-corrected chi connectivity index (χ1v) is 25.0. The molecule has 22 N–H and O–H groups in total. The van der Waals surface area contributed by atoms with E-state index < -0.39 is 120 Å². The molecular formula is C46H72ClN16O14+. The van der Waals surface area contributed by atoms with Gasteiger partial charge in [0.05, 0.1) is 18.2 Å². The van der Waals surface area contributed by atoms with Gasteiger partial charge in [0.15, 0.2) is 35.4 Å². The smallest absolute Gasteiger partial charge is 0.268 e. The Balaban J connectivity index is 1.87. The van der Waals surface area contributed by atoms with Gasteiger partial charge in [-0.05, 0) is 83.4 Å². The second-order valence-electron chi connectivity index (χ2n) is 17.8. The van der Waals surface area contributed by atoms with Crippen molar-refractivity contribution in [1.29, 1.82) is 0 Å². The number of rotatable bonds is 31. The zero-order chi connectivity index (χ0) is 57.4. The number of nitrogens with zero attached hydrogens (tertiary/aromatic N) is 4. The third-order valence-corrected chi connectivity index (χ3v) is 12.2. The van der Waals surface area contributed by atoms with E-state index in [-0.39, 0.29) is 114 Å². The molecule has 0 bridgehead atoms. The minimum Gasteiger partial charge on any atom is -0.503 e. The van der Waals surface area contributed by atoms with Gasteiger partial charge in [-0.3, -0.25) is 58.6 Å². The van der Waals surface area contributed by atoms with Crippen molar-refractivity contribution in [2.24, 2.45) is 33.7 Å². The maximum Gasteiger partial charge on any atom is 0.268 e. The molecule has 1 fully saturated rings. The highest BCUT2D eigenvalue weighted by atomic mass is 35.5.